The fourth-order valence-corrected chi connectivity index (χ4v) is 2.71. The Balaban J connectivity index is 2.10. The van der Waals surface area contributed by atoms with Crippen LogP contribution in [0.25, 0.3) is 0 Å². The summed E-state index contributed by atoms with van der Waals surface area (Å²) >= 11 is 1.72. The summed E-state index contributed by atoms with van der Waals surface area (Å²) in [5.41, 5.74) is 1.11. The molecule has 0 fully saturated rings. The molecule has 0 saturated heterocycles. The smallest absolute Gasteiger partial charge is 0.123 e. The van der Waals surface area contributed by atoms with Crippen molar-refractivity contribution >= 4 is 11.3 Å². The predicted molar refractivity (Wildman–Crippen MR) is 77.0 cm³/mol. The maximum atomic E-state index is 8.95. The Labute approximate surface area is 117 Å². The van der Waals surface area contributed by atoms with E-state index >= 15 is 0 Å². The molecule has 0 saturated carbocycles. The van der Waals surface area contributed by atoms with Crippen LogP contribution in [0.2, 0.25) is 0 Å². The van der Waals surface area contributed by atoms with Gasteiger partial charge in [-0.05, 0) is 17.5 Å². The minimum atomic E-state index is 0.413. The van der Waals surface area contributed by atoms with E-state index in [0.29, 0.717) is 6.54 Å². The Kier molecular flexibility index (Phi) is 4.96. The Bertz CT molecular complexity index is 546. The van der Waals surface area contributed by atoms with Crippen LogP contribution in [-0.2, 0) is 13.1 Å². The third kappa shape index (κ3) is 3.82. The highest BCUT2D eigenvalue weighted by molar-refractivity contribution is 7.09. The Morgan fingerprint density at radius 1 is 1.21 bits per heavy atom. The summed E-state index contributed by atoms with van der Waals surface area (Å²) in [6, 6.07) is 14.3. The van der Waals surface area contributed by atoms with E-state index in [4.69, 9.17) is 10.00 Å². The molecule has 0 N–H and O–H groups in total. The Morgan fingerprint density at radius 3 is 2.74 bits per heavy atom. The molecule has 0 aliphatic heterocycles. The van der Waals surface area contributed by atoms with Crippen LogP contribution in [-0.4, -0.2) is 18.6 Å². The van der Waals surface area contributed by atoms with Crippen molar-refractivity contribution in [2.75, 3.05) is 13.7 Å². The quantitative estimate of drug-likeness (QED) is 0.757. The molecule has 4 heteroatoms. The number of hydrogen-bond donors (Lipinski definition) is 0. The number of nitrogens with zero attached hydrogens (tertiary/aromatic N) is 2. The second kappa shape index (κ2) is 6.93. The van der Waals surface area contributed by atoms with Crippen LogP contribution in [0.1, 0.15) is 10.4 Å². The normalized spacial score (nSPS) is 10.4. The molecule has 2 aromatic rings. The number of rotatable bonds is 6. The highest BCUT2D eigenvalue weighted by Crippen LogP contribution is 2.21. The van der Waals surface area contributed by atoms with Gasteiger partial charge in [-0.15, -0.1) is 11.3 Å². The van der Waals surface area contributed by atoms with Gasteiger partial charge in [-0.2, -0.15) is 5.26 Å². The zero-order chi connectivity index (χ0) is 13.5. The molecular weight excluding hydrogens is 256 g/mol. The number of methoxy groups -OCH3 is 1. The van der Waals surface area contributed by atoms with Crippen LogP contribution in [0, 0.1) is 11.3 Å². The van der Waals surface area contributed by atoms with Crippen molar-refractivity contribution in [2.45, 2.75) is 13.1 Å². The van der Waals surface area contributed by atoms with E-state index < -0.39 is 0 Å². The van der Waals surface area contributed by atoms with E-state index in [2.05, 4.69) is 22.4 Å². The van der Waals surface area contributed by atoms with Gasteiger partial charge in [-0.1, -0.05) is 24.3 Å². The zero-order valence-electron chi connectivity index (χ0n) is 10.9. The van der Waals surface area contributed by atoms with Crippen molar-refractivity contribution in [1.82, 2.24) is 4.90 Å². The molecule has 1 aromatic carbocycles. The number of nitriles is 1. The molecule has 1 heterocycles. The van der Waals surface area contributed by atoms with E-state index in [1.54, 1.807) is 18.4 Å². The van der Waals surface area contributed by atoms with Crippen molar-refractivity contribution in [3.05, 3.63) is 52.2 Å². The largest absolute Gasteiger partial charge is 0.496 e. The first-order valence-electron chi connectivity index (χ1n) is 6.07. The van der Waals surface area contributed by atoms with Crippen molar-refractivity contribution in [1.29, 1.82) is 5.26 Å². The summed E-state index contributed by atoms with van der Waals surface area (Å²) in [7, 11) is 1.67. The molecule has 2 rings (SSSR count). The molecule has 0 atom stereocenters. The monoisotopic (exact) mass is 272 g/mol. The van der Waals surface area contributed by atoms with Crippen LogP contribution >= 0.6 is 11.3 Å². The molecule has 1 aromatic heterocycles. The number of hydrogen-bond acceptors (Lipinski definition) is 4. The first kappa shape index (κ1) is 13.6. The summed E-state index contributed by atoms with van der Waals surface area (Å²) in [5.74, 6) is 0.872. The lowest BCUT2D eigenvalue weighted by Crippen LogP contribution is -2.22. The molecule has 0 amide bonds. The summed E-state index contributed by atoms with van der Waals surface area (Å²) in [4.78, 5) is 3.38. The maximum Gasteiger partial charge on any atom is 0.123 e. The van der Waals surface area contributed by atoms with E-state index in [9.17, 15) is 0 Å². The van der Waals surface area contributed by atoms with Gasteiger partial charge in [0.25, 0.3) is 0 Å². The third-order valence-corrected chi connectivity index (χ3v) is 3.70. The fraction of sp³-hybridized carbons (Fsp3) is 0.267. The lowest BCUT2D eigenvalue weighted by molar-refractivity contribution is 0.285. The summed E-state index contributed by atoms with van der Waals surface area (Å²) in [5, 5.41) is 11.0. The second-order valence-corrected chi connectivity index (χ2v) is 5.23. The highest BCUT2D eigenvalue weighted by atomic mass is 32.1. The van der Waals surface area contributed by atoms with Gasteiger partial charge in [0, 0.05) is 23.5 Å². The minimum absolute atomic E-state index is 0.413. The summed E-state index contributed by atoms with van der Waals surface area (Å²) in [6.07, 6.45) is 0. The van der Waals surface area contributed by atoms with Gasteiger partial charge in [0.1, 0.15) is 5.75 Å². The molecule has 0 aliphatic carbocycles. The fourth-order valence-electron chi connectivity index (χ4n) is 1.97. The van der Waals surface area contributed by atoms with Gasteiger partial charge in [0.15, 0.2) is 0 Å². The van der Waals surface area contributed by atoms with E-state index in [0.717, 1.165) is 24.4 Å². The summed E-state index contributed by atoms with van der Waals surface area (Å²) in [6.45, 7) is 1.93. The average molecular weight is 272 g/mol. The number of benzene rings is 1. The predicted octanol–water partition coefficient (Wildman–Crippen LogP) is 3.28. The molecule has 0 bridgehead atoms. The van der Waals surface area contributed by atoms with Gasteiger partial charge in [-0.25, -0.2) is 0 Å². The molecular formula is C15H16N2OS. The van der Waals surface area contributed by atoms with Gasteiger partial charge in [0.2, 0.25) is 0 Å². The average Bonchev–Trinajstić information content (AvgIpc) is 2.92. The van der Waals surface area contributed by atoms with Gasteiger partial charge in [0.05, 0.1) is 19.7 Å². The first-order valence-corrected chi connectivity index (χ1v) is 6.95. The van der Waals surface area contributed by atoms with Crippen LogP contribution < -0.4 is 4.74 Å². The molecule has 19 heavy (non-hydrogen) atoms. The van der Waals surface area contributed by atoms with Crippen molar-refractivity contribution in [2.24, 2.45) is 0 Å². The molecule has 98 valence electrons. The lowest BCUT2D eigenvalue weighted by Gasteiger charge is -2.19. The third-order valence-electron chi connectivity index (χ3n) is 2.84. The maximum absolute atomic E-state index is 8.95. The highest BCUT2D eigenvalue weighted by Gasteiger charge is 2.10. The van der Waals surface area contributed by atoms with Crippen LogP contribution in [0.3, 0.4) is 0 Å². The van der Waals surface area contributed by atoms with E-state index in [1.807, 2.05) is 30.3 Å². The first-order chi connectivity index (χ1) is 9.33. The van der Waals surface area contributed by atoms with Crippen LogP contribution in [0.5, 0.6) is 5.75 Å². The molecule has 0 spiro atoms. The molecule has 0 unspecified atom stereocenters. The van der Waals surface area contributed by atoms with Crippen LogP contribution in [0.15, 0.2) is 41.8 Å². The van der Waals surface area contributed by atoms with Crippen molar-refractivity contribution in [3.63, 3.8) is 0 Å². The Hall–Kier alpha value is -1.83. The van der Waals surface area contributed by atoms with E-state index in [1.165, 1.54) is 4.88 Å². The van der Waals surface area contributed by atoms with Gasteiger partial charge in [-0.3, -0.25) is 4.90 Å². The topological polar surface area (TPSA) is 36.3 Å². The number of para-hydroxylation sites is 1. The second-order valence-electron chi connectivity index (χ2n) is 4.19. The van der Waals surface area contributed by atoms with Crippen LogP contribution in [0.4, 0.5) is 0 Å². The minimum Gasteiger partial charge on any atom is -0.496 e. The molecule has 3 nitrogen and oxygen atoms in total. The van der Waals surface area contributed by atoms with E-state index in [-0.39, 0.29) is 0 Å². The number of ether oxygens (including phenoxy) is 1. The lowest BCUT2D eigenvalue weighted by atomic mass is 10.2. The molecule has 0 aliphatic rings. The SMILES string of the molecule is COc1ccccc1CN(CC#N)Cc1cccs1. The van der Waals surface area contributed by atoms with Gasteiger partial charge < -0.3 is 4.74 Å². The Morgan fingerprint density at radius 2 is 2.05 bits per heavy atom. The van der Waals surface area contributed by atoms with Gasteiger partial charge >= 0.3 is 0 Å². The molecule has 0 radical (unpaired) electrons. The van der Waals surface area contributed by atoms with Crippen molar-refractivity contribution < 1.29 is 4.74 Å². The number of thiophene rings is 1. The van der Waals surface area contributed by atoms with Crippen molar-refractivity contribution in [3.8, 4) is 11.8 Å². The summed E-state index contributed by atoms with van der Waals surface area (Å²) < 4.78 is 5.35. The standard InChI is InChI=1S/C15H16N2OS/c1-18-15-7-3-2-5-13(15)11-17(9-8-16)12-14-6-4-10-19-14/h2-7,10H,9,11-12H2,1H3. The zero-order valence-corrected chi connectivity index (χ0v) is 11.7.